The topological polar surface area (TPSA) is 70.2 Å². The van der Waals surface area contributed by atoms with Crippen molar-refractivity contribution in [3.05, 3.63) is 29.8 Å². The number of amides is 2. The van der Waals surface area contributed by atoms with Crippen LogP contribution in [0.5, 0.6) is 0 Å². The first-order chi connectivity index (χ1) is 9.56. The van der Waals surface area contributed by atoms with Gasteiger partial charge in [-0.2, -0.15) is 0 Å². The summed E-state index contributed by atoms with van der Waals surface area (Å²) in [5.74, 6) is 0.295. The van der Waals surface area contributed by atoms with E-state index in [0.29, 0.717) is 17.2 Å². The zero-order valence-electron chi connectivity index (χ0n) is 12.3. The zero-order chi connectivity index (χ0) is 14.5. The lowest BCUT2D eigenvalue weighted by atomic mass is 9.94. The molecule has 1 aromatic rings. The second kappa shape index (κ2) is 8.00. The summed E-state index contributed by atoms with van der Waals surface area (Å²) in [5, 5.41) is 9.03. The van der Waals surface area contributed by atoms with E-state index in [-0.39, 0.29) is 30.3 Å². The number of hydrogen-bond donors (Lipinski definition) is 3. The van der Waals surface area contributed by atoms with E-state index in [0.717, 1.165) is 19.5 Å². The van der Waals surface area contributed by atoms with Gasteiger partial charge in [0.1, 0.15) is 0 Å². The SMILES string of the molecule is CC(=O)Nc1ccc(C(=O)NC2CNCCC2C)cc1.Cl. The van der Waals surface area contributed by atoms with Crippen LogP contribution >= 0.6 is 12.4 Å². The van der Waals surface area contributed by atoms with E-state index in [4.69, 9.17) is 0 Å². The van der Waals surface area contributed by atoms with Gasteiger partial charge >= 0.3 is 0 Å². The number of hydrogen-bond acceptors (Lipinski definition) is 3. The fourth-order valence-electron chi connectivity index (χ4n) is 2.34. The summed E-state index contributed by atoms with van der Waals surface area (Å²) in [6, 6.07) is 7.09. The molecule has 1 aliphatic heterocycles. The monoisotopic (exact) mass is 311 g/mol. The number of anilines is 1. The maximum Gasteiger partial charge on any atom is 0.251 e. The Hall–Kier alpha value is -1.59. The summed E-state index contributed by atoms with van der Waals surface area (Å²) in [6.45, 7) is 5.44. The summed E-state index contributed by atoms with van der Waals surface area (Å²) >= 11 is 0. The molecule has 116 valence electrons. The number of nitrogens with one attached hydrogen (secondary N) is 3. The third-order valence-electron chi connectivity index (χ3n) is 3.61. The molecule has 1 fully saturated rings. The Morgan fingerprint density at radius 3 is 2.48 bits per heavy atom. The predicted molar refractivity (Wildman–Crippen MR) is 85.9 cm³/mol. The smallest absolute Gasteiger partial charge is 0.251 e. The molecule has 1 saturated heterocycles. The number of carbonyl (C=O) groups excluding carboxylic acids is 2. The summed E-state index contributed by atoms with van der Waals surface area (Å²) in [6.07, 6.45) is 1.08. The van der Waals surface area contributed by atoms with Gasteiger partial charge in [-0.15, -0.1) is 12.4 Å². The van der Waals surface area contributed by atoms with Crippen LogP contribution < -0.4 is 16.0 Å². The third kappa shape index (κ3) is 5.02. The van der Waals surface area contributed by atoms with Gasteiger partial charge in [0.15, 0.2) is 0 Å². The molecule has 0 spiro atoms. The molecule has 3 N–H and O–H groups in total. The highest BCUT2D eigenvalue weighted by molar-refractivity contribution is 5.95. The van der Waals surface area contributed by atoms with E-state index in [1.54, 1.807) is 24.3 Å². The number of halogens is 1. The van der Waals surface area contributed by atoms with Crippen LogP contribution in [0, 0.1) is 5.92 Å². The molecule has 1 aliphatic rings. The molecule has 6 heteroatoms. The molecule has 0 aromatic heterocycles. The molecule has 0 saturated carbocycles. The molecule has 1 aromatic carbocycles. The molecule has 21 heavy (non-hydrogen) atoms. The molecule has 0 aliphatic carbocycles. The van der Waals surface area contributed by atoms with Crippen molar-refractivity contribution in [1.29, 1.82) is 0 Å². The minimum absolute atomic E-state index is 0. The first-order valence-electron chi connectivity index (χ1n) is 6.95. The lowest BCUT2D eigenvalue weighted by molar-refractivity contribution is -0.114. The number of rotatable bonds is 3. The van der Waals surface area contributed by atoms with Crippen molar-refractivity contribution in [1.82, 2.24) is 10.6 Å². The Bertz CT molecular complexity index is 490. The molecule has 5 nitrogen and oxygen atoms in total. The van der Waals surface area contributed by atoms with E-state index < -0.39 is 0 Å². The van der Waals surface area contributed by atoms with Gasteiger partial charge in [-0.1, -0.05) is 6.92 Å². The third-order valence-corrected chi connectivity index (χ3v) is 3.61. The van der Waals surface area contributed by atoms with Gasteiger partial charge in [-0.25, -0.2) is 0 Å². The van der Waals surface area contributed by atoms with E-state index in [1.807, 2.05) is 0 Å². The van der Waals surface area contributed by atoms with E-state index in [9.17, 15) is 9.59 Å². The van der Waals surface area contributed by atoms with Gasteiger partial charge in [0.2, 0.25) is 5.91 Å². The number of piperidine rings is 1. The summed E-state index contributed by atoms with van der Waals surface area (Å²) in [5.41, 5.74) is 1.30. The second-order valence-electron chi connectivity index (χ2n) is 5.31. The average molecular weight is 312 g/mol. The second-order valence-corrected chi connectivity index (χ2v) is 5.31. The van der Waals surface area contributed by atoms with Crippen LogP contribution in [0.25, 0.3) is 0 Å². The molecular formula is C15H22ClN3O2. The van der Waals surface area contributed by atoms with Crippen molar-refractivity contribution in [2.75, 3.05) is 18.4 Å². The fourth-order valence-corrected chi connectivity index (χ4v) is 2.34. The van der Waals surface area contributed by atoms with Crippen molar-refractivity contribution < 1.29 is 9.59 Å². The Balaban J connectivity index is 0.00000220. The molecule has 2 unspecified atom stereocenters. The molecular weight excluding hydrogens is 290 g/mol. The number of carbonyl (C=O) groups is 2. The lowest BCUT2D eigenvalue weighted by Crippen LogP contribution is -2.50. The maximum atomic E-state index is 12.2. The van der Waals surface area contributed by atoms with E-state index >= 15 is 0 Å². The minimum atomic E-state index is -0.121. The Kier molecular flexibility index (Phi) is 6.65. The van der Waals surface area contributed by atoms with Crippen molar-refractivity contribution in [3.63, 3.8) is 0 Å². The van der Waals surface area contributed by atoms with E-state index in [2.05, 4.69) is 22.9 Å². The molecule has 0 bridgehead atoms. The standard InChI is InChI=1S/C15H21N3O2.ClH/c1-10-7-8-16-9-14(10)18-15(20)12-3-5-13(6-4-12)17-11(2)19;/h3-6,10,14,16H,7-9H2,1-2H3,(H,17,19)(H,18,20);1H. The van der Waals surface area contributed by atoms with Crippen LogP contribution in [0.1, 0.15) is 30.6 Å². The first-order valence-corrected chi connectivity index (χ1v) is 6.95. The Morgan fingerprint density at radius 2 is 1.90 bits per heavy atom. The summed E-state index contributed by atoms with van der Waals surface area (Å²) in [4.78, 5) is 23.1. The molecule has 1 heterocycles. The predicted octanol–water partition coefficient (Wildman–Crippen LogP) is 1.79. The Morgan fingerprint density at radius 1 is 1.24 bits per heavy atom. The van der Waals surface area contributed by atoms with Crippen molar-refractivity contribution in [2.45, 2.75) is 26.3 Å². The van der Waals surface area contributed by atoms with Crippen LogP contribution in [0.15, 0.2) is 24.3 Å². The maximum absolute atomic E-state index is 12.2. The average Bonchev–Trinajstić information content (AvgIpc) is 2.41. The van der Waals surface area contributed by atoms with Crippen molar-refractivity contribution in [3.8, 4) is 0 Å². The van der Waals surface area contributed by atoms with Crippen LogP contribution in [0.3, 0.4) is 0 Å². The molecule has 0 radical (unpaired) electrons. The van der Waals surface area contributed by atoms with Gasteiger partial charge < -0.3 is 16.0 Å². The summed E-state index contributed by atoms with van der Waals surface area (Å²) < 4.78 is 0. The van der Waals surface area contributed by atoms with Crippen LogP contribution in [0.2, 0.25) is 0 Å². The highest BCUT2D eigenvalue weighted by Gasteiger charge is 2.22. The lowest BCUT2D eigenvalue weighted by Gasteiger charge is -2.30. The Labute approximate surface area is 131 Å². The van der Waals surface area contributed by atoms with E-state index in [1.165, 1.54) is 6.92 Å². The fraction of sp³-hybridized carbons (Fsp3) is 0.467. The van der Waals surface area contributed by atoms with Crippen LogP contribution in [-0.4, -0.2) is 30.9 Å². The normalized spacial score (nSPS) is 21.0. The number of benzene rings is 1. The minimum Gasteiger partial charge on any atom is -0.348 e. The molecule has 2 amide bonds. The highest BCUT2D eigenvalue weighted by atomic mass is 35.5. The quantitative estimate of drug-likeness (QED) is 0.797. The van der Waals surface area contributed by atoms with Crippen molar-refractivity contribution >= 4 is 29.9 Å². The van der Waals surface area contributed by atoms with Gasteiger partial charge in [-0.3, -0.25) is 9.59 Å². The molecule has 2 rings (SSSR count). The molecule has 2 atom stereocenters. The van der Waals surface area contributed by atoms with Gasteiger partial charge in [0.05, 0.1) is 0 Å². The summed E-state index contributed by atoms with van der Waals surface area (Å²) in [7, 11) is 0. The highest BCUT2D eigenvalue weighted by Crippen LogP contribution is 2.13. The van der Waals surface area contributed by atoms with Crippen LogP contribution in [0.4, 0.5) is 5.69 Å². The van der Waals surface area contributed by atoms with Crippen LogP contribution in [-0.2, 0) is 4.79 Å². The van der Waals surface area contributed by atoms with Gasteiger partial charge in [0, 0.05) is 30.8 Å². The first kappa shape index (κ1) is 17.5. The van der Waals surface area contributed by atoms with Crippen molar-refractivity contribution in [2.24, 2.45) is 5.92 Å². The van der Waals surface area contributed by atoms with Gasteiger partial charge in [-0.05, 0) is 43.1 Å². The van der Waals surface area contributed by atoms with Gasteiger partial charge in [0.25, 0.3) is 5.91 Å². The zero-order valence-corrected chi connectivity index (χ0v) is 13.1. The largest absolute Gasteiger partial charge is 0.348 e.